The van der Waals surface area contributed by atoms with Crippen LogP contribution in [-0.2, 0) is 53.4 Å². The van der Waals surface area contributed by atoms with E-state index in [0.717, 1.165) is 36.8 Å². The standard InChI is InChI=1S/C38H55N5O9S/c1-7-25-18-38(25,33(46)41-53(49,50)27-14-15-27)40-31(44)29-17-26-20-43(29)32(45)30(36(2,3)4)39-34(47)51-22-37(5,6)16-9-8-11-23-12-10-13-24-19-42(21-28(23)24)35(48)52-26/h10,12-13,25-27,29-30H,7-9,11,14-22H2,1-6H3,(H,39,47)(H,40,44)(H,41,46)/t25-,26-,29+,30-,38+/m1/s1. The number of benzene rings is 1. The van der Waals surface area contributed by atoms with Crippen LogP contribution in [0.3, 0.4) is 0 Å². The van der Waals surface area contributed by atoms with E-state index < -0.39 is 74.3 Å². The summed E-state index contributed by atoms with van der Waals surface area (Å²) in [5.74, 6) is -2.33. The Labute approximate surface area is 312 Å². The van der Waals surface area contributed by atoms with Crippen LogP contribution in [0.25, 0.3) is 0 Å². The lowest BCUT2D eigenvalue weighted by atomic mass is 9.85. The molecule has 3 heterocycles. The highest BCUT2D eigenvalue weighted by molar-refractivity contribution is 7.91. The molecule has 1 saturated heterocycles. The molecule has 3 aliphatic heterocycles. The SMILES string of the molecule is CC[C@@H]1C[C@@]1(NC(=O)[C@@H]1C[C@@H]2CN1C(=O)[C@H](C(C)(C)C)NC(=O)OCC(C)(C)CCCCc1cccc3c1CN(C3)C(=O)O2)C(=O)NS(=O)(=O)C1CC1. The molecule has 4 bridgehead atoms. The van der Waals surface area contributed by atoms with Crippen molar-refractivity contribution in [3.8, 4) is 0 Å². The van der Waals surface area contributed by atoms with Crippen LogP contribution in [0.1, 0.15) is 110 Å². The van der Waals surface area contributed by atoms with Crippen molar-refractivity contribution in [2.45, 2.75) is 141 Å². The molecule has 292 valence electrons. The van der Waals surface area contributed by atoms with Gasteiger partial charge in [0.15, 0.2) is 0 Å². The van der Waals surface area contributed by atoms with E-state index in [-0.39, 0.29) is 37.3 Å². The van der Waals surface area contributed by atoms with E-state index in [1.807, 2.05) is 32.9 Å². The van der Waals surface area contributed by atoms with Gasteiger partial charge >= 0.3 is 12.2 Å². The summed E-state index contributed by atoms with van der Waals surface area (Å²) in [6.45, 7) is 12.1. The molecule has 1 aromatic rings. The highest BCUT2D eigenvalue weighted by Gasteiger charge is 2.62. The van der Waals surface area contributed by atoms with Crippen LogP contribution in [0.2, 0.25) is 0 Å². The summed E-state index contributed by atoms with van der Waals surface area (Å²) < 4.78 is 39.3. The number of amides is 5. The first-order chi connectivity index (χ1) is 24.8. The Bertz CT molecular complexity index is 1750. The summed E-state index contributed by atoms with van der Waals surface area (Å²) in [6.07, 6.45) is 2.94. The Morgan fingerprint density at radius 1 is 1.06 bits per heavy atom. The fourth-order valence-electron chi connectivity index (χ4n) is 7.97. The van der Waals surface area contributed by atoms with Crippen LogP contribution in [0.5, 0.6) is 0 Å². The van der Waals surface area contributed by atoms with Crippen molar-refractivity contribution < 1.29 is 41.9 Å². The Morgan fingerprint density at radius 2 is 1.77 bits per heavy atom. The van der Waals surface area contributed by atoms with Crippen molar-refractivity contribution in [2.75, 3.05) is 13.2 Å². The fraction of sp³-hybridized carbons (Fsp3) is 0.711. The largest absolute Gasteiger partial charge is 0.449 e. The third kappa shape index (κ3) is 8.44. The van der Waals surface area contributed by atoms with Crippen LogP contribution in [0.4, 0.5) is 9.59 Å². The van der Waals surface area contributed by atoms with Crippen molar-refractivity contribution in [1.29, 1.82) is 0 Å². The Morgan fingerprint density at radius 3 is 2.43 bits per heavy atom. The van der Waals surface area contributed by atoms with Gasteiger partial charge in [-0.1, -0.05) is 72.6 Å². The van der Waals surface area contributed by atoms with E-state index in [1.165, 1.54) is 10.5 Å². The molecule has 14 nitrogen and oxygen atoms in total. The van der Waals surface area contributed by atoms with Crippen molar-refractivity contribution >= 4 is 39.9 Å². The van der Waals surface area contributed by atoms with Crippen LogP contribution in [-0.4, -0.2) is 90.3 Å². The summed E-state index contributed by atoms with van der Waals surface area (Å²) in [5.41, 5.74) is 0.742. The van der Waals surface area contributed by atoms with Gasteiger partial charge in [0.2, 0.25) is 21.8 Å². The third-order valence-electron chi connectivity index (χ3n) is 11.5. The Hall–Kier alpha value is -3.88. The number of ether oxygens (including phenoxy) is 2. The number of alkyl carbamates (subject to hydrolysis) is 1. The number of hydrogen-bond acceptors (Lipinski definition) is 9. The monoisotopic (exact) mass is 757 g/mol. The molecule has 5 amide bonds. The zero-order chi connectivity index (χ0) is 38.5. The van der Waals surface area contributed by atoms with Crippen LogP contribution < -0.4 is 15.4 Å². The van der Waals surface area contributed by atoms with Gasteiger partial charge in [-0.15, -0.1) is 0 Å². The number of hydrogen-bond donors (Lipinski definition) is 3. The summed E-state index contributed by atoms with van der Waals surface area (Å²) in [4.78, 5) is 72.1. The summed E-state index contributed by atoms with van der Waals surface area (Å²) in [6, 6.07) is 3.80. The molecule has 1 aromatic carbocycles. The molecule has 0 spiro atoms. The first-order valence-electron chi connectivity index (χ1n) is 19.0. The molecule has 0 unspecified atom stereocenters. The maximum Gasteiger partial charge on any atom is 0.410 e. The van der Waals surface area contributed by atoms with E-state index in [9.17, 15) is 32.4 Å². The van der Waals surface area contributed by atoms with E-state index in [2.05, 4.69) is 21.4 Å². The Balaban J connectivity index is 1.28. The predicted molar refractivity (Wildman–Crippen MR) is 194 cm³/mol. The normalized spacial score (nSPS) is 29.4. The van der Waals surface area contributed by atoms with E-state index in [0.29, 0.717) is 32.4 Å². The molecule has 5 aliphatic rings. The molecule has 6 rings (SSSR count). The van der Waals surface area contributed by atoms with E-state index in [1.54, 1.807) is 25.7 Å². The molecule has 0 aromatic heterocycles. The van der Waals surface area contributed by atoms with Gasteiger partial charge in [0.25, 0.3) is 5.91 Å². The van der Waals surface area contributed by atoms with Gasteiger partial charge < -0.3 is 25.0 Å². The summed E-state index contributed by atoms with van der Waals surface area (Å²) in [7, 11) is -3.88. The minimum atomic E-state index is -3.88. The lowest BCUT2D eigenvalue weighted by Gasteiger charge is -2.35. The number of fused-ring (bicyclic) bond motifs is 3. The van der Waals surface area contributed by atoms with Gasteiger partial charge in [-0.05, 0) is 72.0 Å². The zero-order valence-electron chi connectivity index (χ0n) is 31.8. The van der Waals surface area contributed by atoms with Crippen molar-refractivity contribution in [1.82, 2.24) is 25.2 Å². The number of nitrogens with one attached hydrogen (secondary N) is 3. The first kappa shape index (κ1) is 38.8. The first-order valence-corrected chi connectivity index (χ1v) is 20.6. The fourth-order valence-corrected chi connectivity index (χ4v) is 9.33. The van der Waals surface area contributed by atoms with Crippen LogP contribution >= 0.6 is 0 Å². The van der Waals surface area contributed by atoms with Crippen LogP contribution in [0, 0.1) is 16.7 Å². The third-order valence-corrected chi connectivity index (χ3v) is 13.3. The molecular formula is C38H55N5O9S. The second-order valence-electron chi connectivity index (χ2n) is 17.5. The molecule has 15 heteroatoms. The molecule has 3 fully saturated rings. The molecule has 2 saturated carbocycles. The number of aryl methyl sites for hydroxylation is 1. The van der Waals surface area contributed by atoms with Crippen molar-refractivity contribution in [3.63, 3.8) is 0 Å². The van der Waals surface area contributed by atoms with Crippen molar-refractivity contribution in [2.24, 2.45) is 16.7 Å². The molecule has 2 aliphatic carbocycles. The van der Waals surface area contributed by atoms with Gasteiger partial charge in [-0.2, -0.15) is 0 Å². The molecular weight excluding hydrogens is 703 g/mol. The summed E-state index contributed by atoms with van der Waals surface area (Å²) >= 11 is 0. The van der Waals surface area contributed by atoms with Gasteiger partial charge in [-0.3, -0.25) is 24.0 Å². The molecule has 3 N–H and O–H groups in total. The smallest absolute Gasteiger partial charge is 0.410 e. The summed E-state index contributed by atoms with van der Waals surface area (Å²) in [5, 5.41) is 4.95. The Kier molecular flexibility index (Phi) is 10.6. The maximum atomic E-state index is 14.5. The lowest BCUT2D eigenvalue weighted by Crippen LogP contribution is -2.60. The van der Waals surface area contributed by atoms with Crippen molar-refractivity contribution in [3.05, 3.63) is 34.9 Å². The van der Waals surface area contributed by atoms with Gasteiger partial charge in [0.1, 0.15) is 23.7 Å². The number of carbonyl (C=O) groups is 5. The average Bonchev–Trinajstić information content (AvgIpc) is 3.97. The van der Waals surface area contributed by atoms with Gasteiger partial charge in [-0.25, -0.2) is 18.0 Å². The number of carbonyl (C=O) groups excluding carboxylic acids is 5. The molecule has 53 heavy (non-hydrogen) atoms. The van der Waals surface area contributed by atoms with Gasteiger partial charge in [0, 0.05) is 19.5 Å². The number of sulfonamides is 1. The number of rotatable bonds is 6. The predicted octanol–water partition coefficient (Wildman–Crippen LogP) is 3.90. The highest BCUT2D eigenvalue weighted by atomic mass is 32.2. The minimum Gasteiger partial charge on any atom is -0.449 e. The molecule has 0 radical (unpaired) electrons. The van der Waals surface area contributed by atoms with E-state index in [4.69, 9.17) is 9.47 Å². The van der Waals surface area contributed by atoms with Gasteiger partial charge in [0.05, 0.1) is 18.4 Å². The number of cyclic esters (lactones) is 1. The quantitative estimate of drug-likeness (QED) is 0.388. The second kappa shape index (κ2) is 14.4. The molecule has 5 atom stereocenters. The maximum absolute atomic E-state index is 14.5. The lowest BCUT2D eigenvalue weighted by molar-refractivity contribution is -0.143. The van der Waals surface area contributed by atoms with E-state index >= 15 is 0 Å². The second-order valence-corrected chi connectivity index (χ2v) is 19.5. The zero-order valence-corrected chi connectivity index (χ0v) is 32.6. The average molecular weight is 758 g/mol. The minimum absolute atomic E-state index is 0.0558. The highest BCUT2D eigenvalue weighted by Crippen LogP contribution is 2.47. The topological polar surface area (TPSA) is 181 Å². The number of nitrogens with zero attached hydrogens (tertiary/aromatic N) is 2. The van der Waals surface area contributed by atoms with Crippen LogP contribution in [0.15, 0.2) is 18.2 Å².